The molecular weight excluding hydrogens is 288 g/mol. The largest absolute Gasteiger partial charge is 0.355 e. The Hall–Kier alpha value is -2.10. The number of hydrogen-bond donors (Lipinski definition) is 1. The zero-order valence-electron chi connectivity index (χ0n) is 13.6. The van der Waals surface area contributed by atoms with Crippen LogP contribution in [0.2, 0.25) is 0 Å². The minimum atomic E-state index is -0.0993. The lowest BCUT2D eigenvalue weighted by Crippen LogP contribution is -2.39. The van der Waals surface area contributed by atoms with Crippen molar-refractivity contribution in [2.24, 2.45) is 0 Å². The summed E-state index contributed by atoms with van der Waals surface area (Å²) in [5.41, 5.74) is 1.56. The van der Waals surface area contributed by atoms with Crippen LogP contribution in [0.25, 0.3) is 6.08 Å². The van der Waals surface area contributed by atoms with Gasteiger partial charge in [0.2, 0.25) is 5.91 Å². The molecule has 23 heavy (non-hydrogen) atoms. The fourth-order valence-electron chi connectivity index (χ4n) is 3.34. The second kappa shape index (κ2) is 6.99. The van der Waals surface area contributed by atoms with E-state index in [4.69, 9.17) is 0 Å². The number of nitrogens with one attached hydrogen (secondary N) is 1. The van der Waals surface area contributed by atoms with Crippen LogP contribution in [0.5, 0.6) is 0 Å². The average molecular weight is 312 g/mol. The number of nitrogens with zero attached hydrogens (tertiary/aromatic N) is 1. The van der Waals surface area contributed by atoms with Gasteiger partial charge in [0.25, 0.3) is 5.91 Å². The molecule has 0 unspecified atom stereocenters. The summed E-state index contributed by atoms with van der Waals surface area (Å²) >= 11 is 0. The van der Waals surface area contributed by atoms with E-state index in [2.05, 4.69) is 10.2 Å². The molecule has 0 bridgehead atoms. The Kier molecular flexibility index (Phi) is 4.79. The molecule has 4 nitrogen and oxygen atoms in total. The van der Waals surface area contributed by atoms with E-state index < -0.39 is 0 Å². The molecule has 2 fully saturated rings. The third kappa shape index (κ3) is 3.81. The van der Waals surface area contributed by atoms with Gasteiger partial charge in [-0.2, -0.15) is 0 Å². The van der Waals surface area contributed by atoms with Gasteiger partial charge in [0.15, 0.2) is 0 Å². The summed E-state index contributed by atoms with van der Waals surface area (Å²) < 4.78 is 0. The maximum Gasteiger partial charge on any atom is 0.251 e. The first-order valence-corrected chi connectivity index (χ1v) is 8.51. The van der Waals surface area contributed by atoms with Crippen LogP contribution in [0.1, 0.15) is 54.4 Å². The molecule has 2 saturated carbocycles. The summed E-state index contributed by atoms with van der Waals surface area (Å²) in [5, 5.41) is 2.60. The van der Waals surface area contributed by atoms with Crippen molar-refractivity contribution in [2.45, 2.75) is 50.6 Å². The van der Waals surface area contributed by atoms with Crippen LogP contribution in [0.3, 0.4) is 0 Å². The van der Waals surface area contributed by atoms with Crippen molar-refractivity contribution in [1.82, 2.24) is 10.2 Å². The van der Waals surface area contributed by atoms with Crippen LogP contribution in [0, 0.1) is 0 Å². The molecule has 0 spiro atoms. The summed E-state index contributed by atoms with van der Waals surface area (Å²) in [4.78, 5) is 26.2. The molecule has 0 saturated heterocycles. The van der Waals surface area contributed by atoms with Gasteiger partial charge in [0.1, 0.15) is 0 Å². The number of benzene rings is 1. The highest BCUT2D eigenvalue weighted by atomic mass is 16.2. The molecule has 122 valence electrons. The van der Waals surface area contributed by atoms with Gasteiger partial charge in [0.05, 0.1) is 0 Å². The summed E-state index contributed by atoms with van der Waals surface area (Å²) in [7, 11) is 1.62. The molecule has 3 rings (SSSR count). The molecule has 0 radical (unpaired) electrons. The van der Waals surface area contributed by atoms with Crippen molar-refractivity contribution in [2.75, 3.05) is 7.05 Å². The van der Waals surface area contributed by atoms with Crippen molar-refractivity contribution >= 4 is 17.9 Å². The Labute approximate surface area is 137 Å². The van der Waals surface area contributed by atoms with E-state index >= 15 is 0 Å². The molecule has 1 N–H and O–H groups in total. The minimum Gasteiger partial charge on any atom is -0.355 e. The summed E-state index contributed by atoms with van der Waals surface area (Å²) in [6.07, 6.45) is 10.6. The van der Waals surface area contributed by atoms with Gasteiger partial charge >= 0.3 is 0 Å². The Morgan fingerprint density at radius 3 is 2.22 bits per heavy atom. The van der Waals surface area contributed by atoms with Crippen molar-refractivity contribution in [3.63, 3.8) is 0 Å². The van der Waals surface area contributed by atoms with Gasteiger partial charge in [-0.3, -0.25) is 9.59 Å². The highest BCUT2D eigenvalue weighted by Crippen LogP contribution is 2.34. The van der Waals surface area contributed by atoms with Gasteiger partial charge in [-0.05, 0) is 49.5 Å². The third-order valence-electron chi connectivity index (χ3n) is 4.73. The van der Waals surface area contributed by atoms with Crippen LogP contribution in [-0.4, -0.2) is 35.8 Å². The Bertz CT molecular complexity index is 596. The Balaban J connectivity index is 1.66. The predicted molar refractivity (Wildman–Crippen MR) is 91.0 cm³/mol. The smallest absolute Gasteiger partial charge is 0.251 e. The van der Waals surface area contributed by atoms with E-state index in [0.717, 1.165) is 31.2 Å². The maximum atomic E-state index is 12.6. The molecule has 2 aliphatic carbocycles. The summed E-state index contributed by atoms with van der Waals surface area (Å²) in [5.74, 6) is 0.0347. The fraction of sp³-hybridized carbons (Fsp3) is 0.474. The van der Waals surface area contributed by atoms with Crippen LogP contribution < -0.4 is 5.32 Å². The number of carbonyl (C=O) groups is 2. The molecule has 0 aromatic heterocycles. The van der Waals surface area contributed by atoms with E-state index in [0.29, 0.717) is 17.6 Å². The maximum absolute atomic E-state index is 12.6. The van der Waals surface area contributed by atoms with E-state index in [1.54, 1.807) is 25.3 Å². The number of carbonyl (C=O) groups excluding carboxylic acids is 2. The van der Waals surface area contributed by atoms with Crippen molar-refractivity contribution in [3.05, 3.63) is 41.5 Å². The Morgan fingerprint density at radius 2 is 1.65 bits per heavy atom. The fourth-order valence-corrected chi connectivity index (χ4v) is 3.34. The summed E-state index contributed by atoms with van der Waals surface area (Å²) in [6.45, 7) is 0. The van der Waals surface area contributed by atoms with Gasteiger partial charge in [-0.25, -0.2) is 0 Å². The average Bonchev–Trinajstić information content (AvgIpc) is 3.26. The molecule has 0 atom stereocenters. The number of rotatable bonds is 5. The molecular formula is C19H24N2O2. The van der Waals surface area contributed by atoms with Gasteiger partial charge in [0, 0.05) is 30.8 Å². The molecule has 0 aliphatic heterocycles. The first-order valence-electron chi connectivity index (χ1n) is 8.51. The first-order chi connectivity index (χ1) is 11.2. The molecule has 1 aromatic rings. The second-order valence-electron chi connectivity index (χ2n) is 6.45. The monoisotopic (exact) mass is 312 g/mol. The van der Waals surface area contributed by atoms with Crippen molar-refractivity contribution in [3.8, 4) is 0 Å². The van der Waals surface area contributed by atoms with Crippen LogP contribution in [0.4, 0.5) is 0 Å². The Morgan fingerprint density at radius 1 is 1.04 bits per heavy atom. The lowest BCUT2D eigenvalue weighted by Gasteiger charge is -2.27. The standard InChI is InChI=1S/C19H24N2O2/c1-20-19(23)15-9-6-14(7-10-15)8-13-18(22)21(17-11-12-17)16-4-2-3-5-16/h6-10,13,16-17H,2-5,11-12H2,1H3,(H,20,23)/b13-8+. The highest BCUT2D eigenvalue weighted by Gasteiger charge is 2.37. The van der Waals surface area contributed by atoms with E-state index in [1.807, 2.05) is 18.2 Å². The van der Waals surface area contributed by atoms with Crippen LogP contribution >= 0.6 is 0 Å². The van der Waals surface area contributed by atoms with E-state index in [9.17, 15) is 9.59 Å². The summed E-state index contributed by atoms with van der Waals surface area (Å²) in [6, 6.07) is 8.19. The van der Waals surface area contributed by atoms with E-state index in [-0.39, 0.29) is 11.8 Å². The van der Waals surface area contributed by atoms with Gasteiger partial charge in [-0.1, -0.05) is 25.0 Å². The zero-order valence-corrected chi connectivity index (χ0v) is 13.6. The van der Waals surface area contributed by atoms with Crippen LogP contribution in [-0.2, 0) is 4.79 Å². The van der Waals surface area contributed by atoms with Crippen molar-refractivity contribution < 1.29 is 9.59 Å². The molecule has 0 heterocycles. The topological polar surface area (TPSA) is 49.4 Å². The molecule has 1 aromatic carbocycles. The number of amides is 2. The third-order valence-corrected chi connectivity index (χ3v) is 4.73. The zero-order chi connectivity index (χ0) is 16.2. The molecule has 2 amide bonds. The minimum absolute atomic E-state index is 0.0993. The lowest BCUT2D eigenvalue weighted by atomic mass is 10.1. The lowest BCUT2D eigenvalue weighted by molar-refractivity contribution is -0.128. The van der Waals surface area contributed by atoms with E-state index in [1.165, 1.54) is 12.8 Å². The number of hydrogen-bond acceptors (Lipinski definition) is 2. The normalized spacial score (nSPS) is 18.3. The molecule has 4 heteroatoms. The van der Waals surface area contributed by atoms with Gasteiger partial charge < -0.3 is 10.2 Å². The van der Waals surface area contributed by atoms with Gasteiger partial charge in [-0.15, -0.1) is 0 Å². The SMILES string of the molecule is CNC(=O)c1ccc(/C=C/C(=O)N(C2CCCC2)C2CC2)cc1. The van der Waals surface area contributed by atoms with Crippen molar-refractivity contribution in [1.29, 1.82) is 0 Å². The highest BCUT2D eigenvalue weighted by molar-refractivity contribution is 5.95. The quantitative estimate of drug-likeness (QED) is 0.850. The predicted octanol–water partition coefficient (Wildman–Crippen LogP) is 2.99. The first kappa shape index (κ1) is 15.8. The van der Waals surface area contributed by atoms with Crippen LogP contribution in [0.15, 0.2) is 30.3 Å². The molecule has 2 aliphatic rings. The second-order valence-corrected chi connectivity index (χ2v) is 6.45.